The molecule has 0 aliphatic carbocycles. The summed E-state index contributed by atoms with van der Waals surface area (Å²) >= 11 is 0. The first-order valence-corrected chi connectivity index (χ1v) is 7.12. The van der Waals surface area contributed by atoms with Gasteiger partial charge in [-0.25, -0.2) is 0 Å². The van der Waals surface area contributed by atoms with Crippen LogP contribution in [0.15, 0.2) is 48.5 Å². The number of hydrogen-bond acceptors (Lipinski definition) is 3. The van der Waals surface area contributed by atoms with E-state index in [1.165, 1.54) is 0 Å². The number of carbonyl (C=O) groups is 1. The van der Waals surface area contributed by atoms with Crippen LogP contribution in [0.5, 0.6) is 5.75 Å². The molecule has 0 aliphatic rings. The Balaban J connectivity index is 2.15. The second-order valence-corrected chi connectivity index (χ2v) is 4.71. The number of aryl methyl sites for hydroxylation is 1. The standard InChI is InChI=1S/C18H20O3/c1-3-21-18(19)12-10-14-9-11-16(17(13-14)20-2)15-7-5-4-6-8-15/h4-9,11,13H,3,10,12H2,1-2H3. The fraction of sp³-hybridized carbons (Fsp3) is 0.278. The fourth-order valence-electron chi connectivity index (χ4n) is 2.23. The molecule has 21 heavy (non-hydrogen) atoms. The molecule has 3 nitrogen and oxygen atoms in total. The van der Waals surface area contributed by atoms with Crippen molar-refractivity contribution >= 4 is 5.97 Å². The first kappa shape index (κ1) is 15.1. The maximum Gasteiger partial charge on any atom is 0.306 e. The highest BCUT2D eigenvalue weighted by atomic mass is 16.5. The first-order valence-electron chi connectivity index (χ1n) is 7.12. The van der Waals surface area contributed by atoms with E-state index in [-0.39, 0.29) is 5.97 Å². The molecule has 0 aromatic heterocycles. The third-order valence-corrected chi connectivity index (χ3v) is 3.27. The molecule has 0 atom stereocenters. The fourth-order valence-corrected chi connectivity index (χ4v) is 2.23. The molecule has 0 radical (unpaired) electrons. The molecule has 3 heteroatoms. The Morgan fingerprint density at radius 1 is 1.10 bits per heavy atom. The molecule has 0 saturated heterocycles. The lowest BCUT2D eigenvalue weighted by molar-refractivity contribution is -0.143. The van der Waals surface area contributed by atoms with Crippen molar-refractivity contribution in [3.63, 3.8) is 0 Å². The van der Waals surface area contributed by atoms with Crippen LogP contribution < -0.4 is 4.74 Å². The van der Waals surface area contributed by atoms with Crippen LogP contribution in [0.25, 0.3) is 11.1 Å². The average Bonchev–Trinajstić information content (AvgIpc) is 2.54. The lowest BCUT2D eigenvalue weighted by atomic mass is 10.0. The number of rotatable bonds is 6. The van der Waals surface area contributed by atoms with Gasteiger partial charge in [-0.3, -0.25) is 4.79 Å². The highest BCUT2D eigenvalue weighted by molar-refractivity contribution is 5.72. The second-order valence-electron chi connectivity index (χ2n) is 4.71. The molecule has 0 spiro atoms. The molecular weight excluding hydrogens is 264 g/mol. The van der Waals surface area contributed by atoms with Crippen molar-refractivity contribution in [1.82, 2.24) is 0 Å². The third kappa shape index (κ3) is 4.09. The van der Waals surface area contributed by atoms with Crippen molar-refractivity contribution in [1.29, 1.82) is 0 Å². The van der Waals surface area contributed by atoms with Gasteiger partial charge >= 0.3 is 5.97 Å². The van der Waals surface area contributed by atoms with E-state index in [0.29, 0.717) is 19.4 Å². The summed E-state index contributed by atoms with van der Waals surface area (Å²) in [4.78, 5) is 11.4. The number of carbonyl (C=O) groups excluding carboxylic acids is 1. The summed E-state index contributed by atoms with van der Waals surface area (Å²) in [5, 5.41) is 0. The molecule has 2 aromatic rings. The minimum absolute atomic E-state index is 0.163. The molecule has 0 aliphatic heterocycles. The van der Waals surface area contributed by atoms with E-state index in [1.807, 2.05) is 43.3 Å². The van der Waals surface area contributed by atoms with Gasteiger partial charge in [0.1, 0.15) is 5.75 Å². The normalized spacial score (nSPS) is 10.2. The minimum Gasteiger partial charge on any atom is -0.496 e. The van der Waals surface area contributed by atoms with E-state index in [4.69, 9.17) is 9.47 Å². The highest BCUT2D eigenvalue weighted by Crippen LogP contribution is 2.31. The highest BCUT2D eigenvalue weighted by Gasteiger charge is 2.08. The molecule has 0 bridgehead atoms. The summed E-state index contributed by atoms with van der Waals surface area (Å²) < 4.78 is 10.4. The summed E-state index contributed by atoms with van der Waals surface area (Å²) in [6, 6.07) is 16.2. The summed E-state index contributed by atoms with van der Waals surface area (Å²) in [7, 11) is 1.66. The lowest BCUT2D eigenvalue weighted by Gasteiger charge is -2.11. The van der Waals surface area contributed by atoms with Gasteiger partial charge in [0.25, 0.3) is 0 Å². The largest absolute Gasteiger partial charge is 0.496 e. The smallest absolute Gasteiger partial charge is 0.306 e. The van der Waals surface area contributed by atoms with Crippen LogP contribution in [-0.4, -0.2) is 19.7 Å². The first-order chi connectivity index (χ1) is 10.2. The zero-order chi connectivity index (χ0) is 15.1. The second kappa shape index (κ2) is 7.48. The van der Waals surface area contributed by atoms with Gasteiger partial charge in [-0.15, -0.1) is 0 Å². The van der Waals surface area contributed by atoms with Crippen molar-refractivity contribution in [3.8, 4) is 16.9 Å². The van der Waals surface area contributed by atoms with Gasteiger partial charge in [0.2, 0.25) is 0 Å². The van der Waals surface area contributed by atoms with Crippen LogP contribution in [0.2, 0.25) is 0 Å². The van der Waals surface area contributed by atoms with Gasteiger partial charge in [0.15, 0.2) is 0 Å². The lowest BCUT2D eigenvalue weighted by Crippen LogP contribution is -2.05. The van der Waals surface area contributed by atoms with E-state index in [1.54, 1.807) is 7.11 Å². The van der Waals surface area contributed by atoms with Gasteiger partial charge in [0.05, 0.1) is 13.7 Å². The van der Waals surface area contributed by atoms with Crippen molar-refractivity contribution in [3.05, 3.63) is 54.1 Å². The zero-order valence-electron chi connectivity index (χ0n) is 12.5. The third-order valence-electron chi connectivity index (χ3n) is 3.27. The van der Waals surface area contributed by atoms with Gasteiger partial charge in [-0.1, -0.05) is 42.5 Å². The van der Waals surface area contributed by atoms with Crippen LogP contribution >= 0.6 is 0 Å². The number of ether oxygens (including phenoxy) is 2. The number of methoxy groups -OCH3 is 1. The molecule has 2 rings (SSSR count). The predicted molar refractivity (Wildman–Crippen MR) is 83.4 cm³/mol. The Morgan fingerprint density at radius 3 is 2.52 bits per heavy atom. The Bertz CT molecular complexity index is 591. The SMILES string of the molecule is CCOC(=O)CCc1ccc(-c2ccccc2)c(OC)c1. The van der Waals surface area contributed by atoms with Crippen LogP contribution in [0.4, 0.5) is 0 Å². The van der Waals surface area contributed by atoms with Crippen molar-refractivity contribution in [2.24, 2.45) is 0 Å². The van der Waals surface area contributed by atoms with Gasteiger partial charge in [-0.05, 0) is 30.5 Å². The predicted octanol–water partition coefficient (Wildman–Crippen LogP) is 3.86. The van der Waals surface area contributed by atoms with E-state index in [9.17, 15) is 4.79 Å². The summed E-state index contributed by atoms with van der Waals surface area (Å²) in [5.41, 5.74) is 3.24. The monoisotopic (exact) mass is 284 g/mol. The number of hydrogen-bond donors (Lipinski definition) is 0. The Hall–Kier alpha value is -2.29. The van der Waals surface area contributed by atoms with Gasteiger partial charge in [-0.2, -0.15) is 0 Å². The molecule has 110 valence electrons. The molecule has 0 N–H and O–H groups in total. The van der Waals surface area contributed by atoms with Crippen LogP contribution in [0, 0.1) is 0 Å². The van der Waals surface area contributed by atoms with E-state index in [0.717, 1.165) is 22.4 Å². The Labute approximate surface area is 125 Å². The van der Waals surface area contributed by atoms with Crippen LogP contribution in [-0.2, 0) is 16.0 Å². The Kier molecular flexibility index (Phi) is 5.38. The topological polar surface area (TPSA) is 35.5 Å². The molecule has 0 saturated carbocycles. The average molecular weight is 284 g/mol. The molecular formula is C18H20O3. The summed E-state index contributed by atoms with van der Waals surface area (Å²) in [5.74, 6) is 0.658. The zero-order valence-corrected chi connectivity index (χ0v) is 12.5. The Morgan fingerprint density at radius 2 is 1.86 bits per heavy atom. The summed E-state index contributed by atoms with van der Waals surface area (Å²) in [6.07, 6.45) is 1.05. The van der Waals surface area contributed by atoms with Gasteiger partial charge in [0, 0.05) is 12.0 Å². The maximum atomic E-state index is 11.4. The van der Waals surface area contributed by atoms with E-state index in [2.05, 4.69) is 12.1 Å². The molecule has 0 fully saturated rings. The molecule has 0 heterocycles. The molecule has 2 aromatic carbocycles. The quantitative estimate of drug-likeness (QED) is 0.756. The van der Waals surface area contributed by atoms with Gasteiger partial charge < -0.3 is 9.47 Å². The van der Waals surface area contributed by atoms with Crippen molar-refractivity contribution in [2.75, 3.05) is 13.7 Å². The summed E-state index contributed by atoms with van der Waals surface area (Å²) in [6.45, 7) is 2.24. The van der Waals surface area contributed by atoms with Crippen LogP contribution in [0.1, 0.15) is 18.9 Å². The van der Waals surface area contributed by atoms with Crippen LogP contribution in [0.3, 0.4) is 0 Å². The maximum absolute atomic E-state index is 11.4. The number of esters is 1. The molecule has 0 unspecified atom stereocenters. The number of benzene rings is 2. The molecule has 0 amide bonds. The van der Waals surface area contributed by atoms with Crippen molar-refractivity contribution in [2.45, 2.75) is 19.8 Å². The minimum atomic E-state index is -0.163. The van der Waals surface area contributed by atoms with E-state index < -0.39 is 0 Å². The van der Waals surface area contributed by atoms with Crippen molar-refractivity contribution < 1.29 is 14.3 Å². The van der Waals surface area contributed by atoms with E-state index >= 15 is 0 Å².